The van der Waals surface area contributed by atoms with Crippen molar-refractivity contribution in [1.29, 1.82) is 0 Å². The van der Waals surface area contributed by atoms with Crippen molar-refractivity contribution in [1.82, 2.24) is 5.32 Å². The standard InChI is InChI=1S/C12H14F3NO2/c1-11(2,16-8-17)7-9-3-5-10(6-4-9)18-12(13,14)15/h3-6,8H,7H2,1-2H3,(H,16,17). The van der Waals surface area contributed by atoms with Gasteiger partial charge in [-0.05, 0) is 38.0 Å². The number of ether oxygens (including phenoxy) is 1. The molecule has 1 rings (SSSR count). The molecule has 0 aliphatic carbocycles. The molecule has 0 aliphatic rings. The minimum atomic E-state index is -4.68. The molecule has 1 aromatic rings. The van der Waals surface area contributed by atoms with Gasteiger partial charge in [0.1, 0.15) is 5.75 Å². The van der Waals surface area contributed by atoms with Crippen molar-refractivity contribution in [3.8, 4) is 5.75 Å². The number of nitrogens with one attached hydrogen (secondary N) is 1. The van der Waals surface area contributed by atoms with Gasteiger partial charge in [-0.15, -0.1) is 13.2 Å². The van der Waals surface area contributed by atoms with Gasteiger partial charge in [-0.25, -0.2) is 0 Å². The van der Waals surface area contributed by atoms with E-state index in [1.54, 1.807) is 0 Å². The van der Waals surface area contributed by atoms with E-state index in [0.717, 1.165) is 5.56 Å². The van der Waals surface area contributed by atoms with Crippen molar-refractivity contribution in [3.05, 3.63) is 29.8 Å². The fourth-order valence-corrected chi connectivity index (χ4v) is 1.53. The Labute approximate surface area is 103 Å². The van der Waals surface area contributed by atoms with Crippen molar-refractivity contribution >= 4 is 6.41 Å². The molecule has 1 aromatic carbocycles. The molecule has 100 valence electrons. The highest BCUT2D eigenvalue weighted by Crippen LogP contribution is 2.23. The maximum atomic E-state index is 11.9. The van der Waals surface area contributed by atoms with Crippen molar-refractivity contribution in [3.63, 3.8) is 0 Å². The lowest BCUT2D eigenvalue weighted by atomic mass is 9.95. The molecule has 0 aliphatic heterocycles. The molecule has 0 heterocycles. The third kappa shape index (κ3) is 5.07. The molecule has 0 saturated heterocycles. The van der Waals surface area contributed by atoms with Gasteiger partial charge in [0.15, 0.2) is 0 Å². The lowest BCUT2D eigenvalue weighted by Gasteiger charge is -2.23. The highest BCUT2D eigenvalue weighted by atomic mass is 19.4. The number of carbonyl (C=O) groups excluding carboxylic acids is 1. The summed E-state index contributed by atoms with van der Waals surface area (Å²) in [6, 6.07) is 5.57. The van der Waals surface area contributed by atoms with E-state index < -0.39 is 11.9 Å². The quantitative estimate of drug-likeness (QED) is 0.827. The van der Waals surface area contributed by atoms with Gasteiger partial charge in [-0.1, -0.05) is 12.1 Å². The van der Waals surface area contributed by atoms with E-state index in [4.69, 9.17) is 0 Å². The second-order valence-corrected chi connectivity index (χ2v) is 4.51. The largest absolute Gasteiger partial charge is 0.573 e. The number of carbonyl (C=O) groups is 1. The maximum absolute atomic E-state index is 11.9. The van der Waals surface area contributed by atoms with Crippen LogP contribution in [0, 0.1) is 0 Å². The Morgan fingerprint density at radius 3 is 2.22 bits per heavy atom. The lowest BCUT2D eigenvalue weighted by Crippen LogP contribution is -2.40. The highest BCUT2D eigenvalue weighted by molar-refractivity contribution is 5.48. The maximum Gasteiger partial charge on any atom is 0.573 e. The Bertz CT molecular complexity index is 399. The summed E-state index contributed by atoms with van der Waals surface area (Å²) in [6.07, 6.45) is -3.57. The minimum Gasteiger partial charge on any atom is -0.406 e. The molecule has 0 radical (unpaired) electrons. The summed E-state index contributed by atoms with van der Waals surface area (Å²) in [6.45, 7) is 3.64. The molecule has 0 fully saturated rings. The van der Waals surface area contributed by atoms with Crippen LogP contribution in [0.25, 0.3) is 0 Å². The Morgan fingerprint density at radius 2 is 1.78 bits per heavy atom. The predicted octanol–water partition coefficient (Wildman–Crippen LogP) is 2.65. The van der Waals surface area contributed by atoms with E-state index >= 15 is 0 Å². The number of halogens is 3. The SMILES string of the molecule is CC(C)(Cc1ccc(OC(F)(F)F)cc1)NC=O. The number of hydrogen-bond donors (Lipinski definition) is 1. The molecule has 0 aromatic heterocycles. The molecule has 1 N–H and O–H groups in total. The zero-order valence-electron chi connectivity index (χ0n) is 10.0. The summed E-state index contributed by atoms with van der Waals surface area (Å²) in [5, 5.41) is 2.63. The zero-order chi connectivity index (χ0) is 13.8. The molecule has 18 heavy (non-hydrogen) atoms. The molecule has 0 bridgehead atoms. The number of rotatable bonds is 5. The van der Waals surface area contributed by atoms with Crippen molar-refractivity contribution < 1.29 is 22.7 Å². The number of hydrogen-bond acceptors (Lipinski definition) is 2. The van der Waals surface area contributed by atoms with Gasteiger partial charge >= 0.3 is 6.36 Å². The van der Waals surface area contributed by atoms with Gasteiger partial charge in [0.25, 0.3) is 0 Å². The molecular weight excluding hydrogens is 247 g/mol. The van der Waals surface area contributed by atoms with Gasteiger partial charge in [-0.2, -0.15) is 0 Å². The summed E-state index contributed by atoms with van der Waals surface area (Å²) in [7, 11) is 0. The predicted molar refractivity (Wildman–Crippen MR) is 60.1 cm³/mol. The van der Waals surface area contributed by atoms with Gasteiger partial charge in [-0.3, -0.25) is 4.79 Å². The first-order chi connectivity index (χ1) is 8.22. The first-order valence-corrected chi connectivity index (χ1v) is 5.28. The lowest BCUT2D eigenvalue weighted by molar-refractivity contribution is -0.274. The average molecular weight is 261 g/mol. The van der Waals surface area contributed by atoms with Crippen LogP contribution in [0.4, 0.5) is 13.2 Å². The summed E-state index contributed by atoms with van der Waals surface area (Å²) in [5.41, 5.74) is 0.359. The highest BCUT2D eigenvalue weighted by Gasteiger charge is 2.31. The van der Waals surface area contributed by atoms with Crippen LogP contribution in [-0.2, 0) is 11.2 Å². The van der Waals surface area contributed by atoms with Crippen LogP contribution in [0.2, 0.25) is 0 Å². The smallest absolute Gasteiger partial charge is 0.406 e. The number of benzene rings is 1. The first kappa shape index (κ1) is 14.3. The fourth-order valence-electron chi connectivity index (χ4n) is 1.53. The van der Waals surface area contributed by atoms with E-state index in [1.807, 2.05) is 13.8 Å². The van der Waals surface area contributed by atoms with Gasteiger partial charge in [0, 0.05) is 5.54 Å². The minimum absolute atomic E-state index is 0.257. The molecule has 0 spiro atoms. The Hall–Kier alpha value is -1.72. The second-order valence-electron chi connectivity index (χ2n) is 4.51. The molecular formula is C12H14F3NO2. The van der Waals surface area contributed by atoms with E-state index in [9.17, 15) is 18.0 Å². The van der Waals surface area contributed by atoms with Gasteiger partial charge in [0.2, 0.25) is 6.41 Å². The van der Waals surface area contributed by atoms with Crippen LogP contribution in [-0.4, -0.2) is 18.3 Å². The summed E-state index contributed by atoms with van der Waals surface area (Å²) < 4.78 is 39.6. The van der Waals surface area contributed by atoms with Crippen LogP contribution in [0.1, 0.15) is 19.4 Å². The van der Waals surface area contributed by atoms with Crippen LogP contribution >= 0.6 is 0 Å². The Morgan fingerprint density at radius 1 is 1.22 bits per heavy atom. The summed E-state index contributed by atoms with van der Waals surface area (Å²) >= 11 is 0. The van der Waals surface area contributed by atoms with Crippen molar-refractivity contribution in [2.45, 2.75) is 32.2 Å². The summed E-state index contributed by atoms with van der Waals surface area (Å²) in [4.78, 5) is 10.4. The molecule has 1 amide bonds. The van der Waals surface area contributed by atoms with Crippen LogP contribution in [0.15, 0.2) is 24.3 Å². The molecule has 6 heteroatoms. The second kappa shape index (κ2) is 5.29. The number of amides is 1. The van der Waals surface area contributed by atoms with Crippen molar-refractivity contribution in [2.75, 3.05) is 0 Å². The molecule has 0 saturated carbocycles. The number of alkyl halides is 3. The van der Waals surface area contributed by atoms with Crippen LogP contribution in [0.3, 0.4) is 0 Å². The van der Waals surface area contributed by atoms with Gasteiger partial charge in [0.05, 0.1) is 0 Å². The Balaban J connectivity index is 2.69. The molecule has 0 atom stereocenters. The Kier molecular flexibility index (Phi) is 4.21. The third-order valence-electron chi connectivity index (χ3n) is 2.25. The van der Waals surface area contributed by atoms with Crippen LogP contribution < -0.4 is 10.1 Å². The zero-order valence-corrected chi connectivity index (χ0v) is 10.0. The third-order valence-corrected chi connectivity index (χ3v) is 2.25. The van der Waals surface area contributed by atoms with Gasteiger partial charge < -0.3 is 10.1 Å². The fraction of sp³-hybridized carbons (Fsp3) is 0.417. The molecule has 0 unspecified atom stereocenters. The van der Waals surface area contributed by atoms with E-state index in [0.29, 0.717) is 12.8 Å². The topological polar surface area (TPSA) is 38.3 Å². The van der Waals surface area contributed by atoms with Crippen molar-refractivity contribution in [2.24, 2.45) is 0 Å². The monoisotopic (exact) mass is 261 g/mol. The first-order valence-electron chi connectivity index (χ1n) is 5.28. The average Bonchev–Trinajstić information content (AvgIpc) is 2.18. The van der Waals surface area contributed by atoms with E-state index in [-0.39, 0.29) is 5.75 Å². The van der Waals surface area contributed by atoms with Crippen LogP contribution in [0.5, 0.6) is 5.75 Å². The normalized spacial score (nSPS) is 12.1. The van der Waals surface area contributed by atoms with E-state index in [2.05, 4.69) is 10.1 Å². The molecule has 3 nitrogen and oxygen atoms in total. The van der Waals surface area contributed by atoms with E-state index in [1.165, 1.54) is 24.3 Å². The summed E-state index contributed by atoms with van der Waals surface area (Å²) in [5.74, 6) is -0.257.